The summed E-state index contributed by atoms with van der Waals surface area (Å²) in [6.07, 6.45) is -0.313. The fraction of sp³-hybridized carbons (Fsp3) is 0.143. The molecular formula is C7H7NO4. The van der Waals surface area contributed by atoms with E-state index in [0.29, 0.717) is 12.0 Å². The summed E-state index contributed by atoms with van der Waals surface area (Å²) in [5.74, 6) is 0.578. The number of aldehydes is 1. The molecule has 1 amide bonds. The normalized spacial score (nSPS) is 9.33. The summed E-state index contributed by atoms with van der Waals surface area (Å²) < 4.78 is 9.30. The van der Waals surface area contributed by atoms with Gasteiger partial charge in [0, 0.05) is 0 Å². The van der Waals surface area contributed by atoms with Crippen molar-refractivity contribution in [1.82, 2.24) is 0 Å². The molecule has 12 heavy (non-hydrogen) atoms. The third-order valence-electron chi connectivity index (χ3n) is 1.16. The first-order chi connectivity index (χ1) is 5.72. The lowest BCUT2D eigenvalue weighted by molar-refractivity contribution is 0.109. The van der Waals surface area contributed by atoms with Gasteiger partial charge in [0.05, 0.1) is 0 Å². The number of carbonyl (C=O) groups excluding carboxylic acids is 2. The number of primary amides is 1. The van der Waals surface area contributed by atoms with Crippen molar-refractivity contribution in [3.8, 4) is 0 Å². The molecule has 0 aliphatic heterocycles. The van der Waals surface area contributed by atoms with Gasteiger partial charge in [0.25, 0.3) is 0 Å². The van der Waals surface area contributed by atoms with Crippen molar-refractivity contribution in [2.45, 2.75) is 6.61 Å². The molecule has 1 rings (SSSR count). The molecule has 0 saturated carbocycles. The Morgan fingerprint density at radius 2 is 2.42 bits per heavy atom. The Morgan fingerprint density at radius 3 is 2.92 bits per heavy atom. The number of amides is 1. The van der Waals surface area contributed by atoms with Crippen molar-refractivity contribution in [2.75, 3.05) is 0 Å². The average molecular weight is 169 g/mol. The van der Waals surface area contributed by atoms with Crippen molar-refractivity contribution in [2.24, 2.45) is 5.73 Å². The van der Waals surface area contributed by atoms with Crippen LogP contribution in [-0.2, 0) is 11.3 Å². The maximum Gasteiger partial charge on any atom is 0.404 e. The molecule has 0 radical (unpaired) electrons. The van der Waals surface area contributed by atoms with Crippen LogP contribution in [0.5, 0.6) is 0 Å². The second kappa shape index (κ2) is 3.56. The van der Waals surface area contributed by atoms with Crippen LogP contribution in [0.1, 0.15) is 16.3 Å². The minimum absolute atomic E-state index is 0.0524. The maximum absolute atomic E-state index is 10.1. The second-order valence-electron chi connectivity index (χ2n) is 2.03. The summed E-state index contributed by atoms with van der Waals surface area (Å²) in [5.41, 5.74) is 4.71. The topological polar surface area (TPSA) is 82.5 Å². The molecule has 1 heterocycles. The average Bonchev–Trinajstić information content (AvgIpc) is 2.48. The highest BCUT2D eigenvalue weighted by molar-refractivity contribution is 5.70. The lowest BCUT2D eigenvalue weighted by atomic mass is 10.4. The Kier molecular flexibility index (Phi) is 2.47. The number of furan rings is 1. The lowest BCUT2D eigenvalue weighted by Gasteiger charge is -1.95. The fourth-order valence-electron chi connectivity index (χ4n) is 0.678. The van der Waals surface area contributed by atoms with Crippen LogP contribution in [0, 0.1) is 0 Å². The Bertz CT molecular complexity index is 291. The van der Waals surface area contributed by atoms with Crippen LogP contribution in [-0.4, -0.2) is 12.4 Å². The van der Waals surface area contributed by atoms with E-state index in [-0.39, 0.29) is 12.4 Å². The predicted molar refractivity (Wildman–Crippen MR) is 38.5 cm³/mol. The van der Waals surface area contributed by atoms with Crippen molar-refractivity contribution in [3.63, 3.8) is 0 Å². The molecule has 2 N–H and O–H groups in total. The van der Waals surface area contributed by atoms with Crippen LogP contribution in [0.4, 0.5) is 4.79 Å². The number of hydrogen-bond donors (Lipinski definition) is 1. The van der Waals surface area contributed by atoms with Gasteiger partial charge in [-0.3, -0.25) is 4.79 Å². The number of nitrogens with two attached hydrogens (primary N) is 1. The van der Waals surface area contributed by atoms with E-state index >= 15 is 0 Å². The monoisotopic (exact) mass is 169 g/mol. The number of ether oxygens (including phenoxy) is 1. The zero-order chi connectivity index (χ0) is 8.97. The molecule has 0 aliphatic carbocycles. The Morgan fingerprint density at radius 1 is 1.67 bits per heavy atom. The van der Waals surface area contributed by atoms with Gasteiger partial charge in [0.15, 0.2) is 18.7 Å². The largest absolute Gasteiger partial charge is 0.455 e. The van der Waals surface area contributed by atoms with E-state index in [9.17, 15) is 9.59 Å². The molecule has 0 unspecified atom stereocenters. The first-order valence-electron chi connectivity index (χ1n) is 3.18. The van der Waals surface area contributed by atoms with Gasteiger partial charge in [0.1, 0.15) is 5.76 Å². The van der Waals surface area contributed by atoms with Crippen LogP contribution in [0.15, 0.2) is 16.5 Å². The van der Waals surface area contributed by atoms with Crippen molar-refractivity contribution in [3.05, 3.63) is 23.7 Å². The van der Waals surface area contributed by atoms with E-state index in [1.54, 1.807) is 0 Å². The van der Waals surface area contributed by atoms with Gasteiger partial charge in [-0.25, -0.2) is 4.79 Å². The first-order valence-corrected chi connectivity index (χ1v) is 3.18. The zero-order valence-corrected chi connectivity index (χ0v) is 6.15. The summed E-state index contributed by atoms with van der Waals surface area (Å²) in [7, 11) is 0. The standard InChI is InChI=1S/C7H7NO4/c8-7(10)11-4-6-2-1-5(3-9)12-6/h1-3H,4H2,(H2,8,10). The van der Waals surface area contributed by atoms with E-state index in [1.807, 2.05) is 0 Å². The van der Waals surface area contributed by atoms with Gasteiger partial charge >= 0.3 is 6.09 Å². The van der Waals surface area contributed by atoms with Crippen LogP contribution < -0.4 is 5.73 Å². The van der Waals surface area contributed by atoms with Crippen LogP contribution >= 0.6 is 0 Å². The highest BCUT2D eigenvalue weighted by Gasteiger charge is 2.02. The van der Waals surface area contributed by atoms with Crippen LogP contribution in [0.2, 0.25) is 0 Å². The number of carbonyl (C=O) groups is 2. The van der Waals surface area contributed by atoms with Crippen molar-refractivity contribution >= 4 is 12.4 Å². The van der Waals surface area contributed by atoms with Crippen LogP contribution in [0.3, 0.4) is 0 Å². The van der Waals surface area contributed by atoms with Gasteiger partial charge in [-0.15, -0.1) is 0 Å². The summed E-state index contributed by atoms with van der Waals surface area (Å²) >= 11 is 0. The summed E-state index contributed by atoms with van der Waals surface area (Å²) in [4.78, 5) is 20.3. The van der Waals surface area contributed by atoms with E-state index in [0.717, 1.165) is 0 Å². The molecule has 1 aromatic rings. The fourth-order valence-corrected chi connectivity index (χ4v) is 0.678. The van der Waals surface area contributed by atoms with Gasteiger partial charge in [-0.1, -0.05) is 0 Å². The minimum atomic E-state index is -0.876. The highest BCUT2D eigenvalue weighted by Crippen LogP contribution is 2.06. The minimum Gasteiger partial charge on any atom is -0.455 e. The quantitative estimate of drug-likeness (QED) is 0.674. The smallest absolute Gasteiger partial charge is 0.404 e. The van der Waals surface area contributed by atoms with Gasteiger partial charge in [-0.2, -0.15) is 0 Å². The lowest BCUT2D eigenvalue weighted by Crippen LogP contribution is -2.12. The highest BCUT2D eigenvalue weighted by atomic mass is 16.6. The van der Waals surface area contributed by atoms with Crippen LogP contribution in [0.25, 0.3) is 0 Å². The third kappa shape index (κ3) is 2.12. The van der Waals surface area contributed by atoms with Gasteiger partial charge in [-0.05, 0) is 12.1 Å². The molecule has 5 heteroatoms. The van der Waals surface area contributed by atoms with Crippen molar-refractivity contribution < 1.29 is 18.7 Å². The zero-order valence-electron chi connectivity index (χ0n) is 6.15. The third-order valence-corrected chi connectivity index (χ3v) is 1.16. The van der Waals surface area contributed by atoms with E-state index < -0.39 is 6.09 Å². The molecule has 64 valence electrons. The molecule has 0 bridgehead atoms. The van der Waals surface area contributed by atoms with Gasteiger partial charge in [0.2, 0.25) is 0 Å². The summed E-state index contributed by atoms with van der Waals surface area (Å²) in [6.45, 7) is -0.0524. The Labute approximate surface area is 68.1 Å². The molecule has 1 aromatic heterocycles. The molecule has 0 spiro atoms. The number of rotatable bonds is 3. The maximum atomic E-state index is 10.1. The molecule has 0 atom stereocenters. The first kappa shape index (κ1) is 8.32. The number of hydrogen-bond acceptors (Lipinski definition) is 4. The van der Waals surface area contributed by atoms with Crippen molar-refractivity contribution in [1.29, 1.82) is 0 Å². The summed E-state index contributed by atoms with van der Waals surface area (Å²) in [5, 5.41) is 0. The van der Waals surface area contributed by atoms with Gasteiger partial charge < -0.3 is 14.9 Å². The SMILES string of the molecule is NC(=O)OCc1ccc(C=O)o1. The molecule has 0 fully saturated rings. The Hall–Kier alpha value is -1.78. The predicted octanol–water partition coefficient (Wildman–Crippen LogP) is 0.687. The van der Waals surface area contributed by atoms with E-state index in [1.165, 1.54) is 12.1 Å². The molecule has 0 aromatic carbocycles. The van der Waals surface area contributed by atoms with E-state index in [4.69, 9.17) is 10.2 Å². The molecule has 0 aliphatic rings. The molecular weight excluding hydrogens is 162 g/mol. The van der Waals surface area contributed by atoms with E-state index in [2.05, 4.69) is 4.74 Å². The summed E-state index contributed by atoms with van der Waals surface area (Å²) in [6, 6.07) is 3.01. The Balaban J connectivity index is 2.52. The second-order valence-corrected chi connectivity index (χ2v) is 2.03. The molecule has 5 nitrogen and oxygen atoms in total. The molecule has 0 saturated heterocycles.